The van der Waals surface area contributed by atoms with E-state index in [-0.39, 0.29) is 12.5 Å². The van der Waals surface area contributed by atoms with Crippen LogP contribution in [0.2, 0.25) is 0 Å². The van der Waals surface area contributed by atoms with Crippen molar-refractivity contribution in [3.05, 3.63) is 29.8 Å². The van der Waals surface area contributed by atoms with E-state index in [0.717, 1.165) is 24.3 Å². The van der Waals surface area contributed by atoms with Crippen LogP contribution in [0.25, 0.3) is 0 Å². The van der Waals surface area contributed by atoms with Gasteiger partial charge in [-0.3, -0.25) is 4.79 Å². The molecule has 4 heteroatoms. The molecule has 1 unspecified atom stereocenters. The summed E-state index contributed by atoms with van der Waals surface area (Å²) in [5.41, 5.74) is 8.24. The van der Waals surface area contributed by atoms with E-state index < -0.39 is 5.97 Å². The van der Waals surface area contributed by atoms with E-state index in [0.29, 0.717) is 6.42 Å². The molecule has 0 saturated carbocycles. The summed E-state index contributed by atoms with van der Waals surface area (Å²) in [6.45, 7) is 6.03. The Morgan fingerprint density at radius 3 is 2.50 bits per heavy atom. The van der Waals surface area contributed by atoms with Gasteiger partial charge in [-0.2, -0.15) is 0 Å². The molecule has 3 N–H and O–H groups in total. The lowest BCUT2D eigenvalue weighted by Gasteiger charge is -2.26. The Kier molecular flexibility index (Phi) is 5.65. The van der Waals surface area contributed by atoms with Crippen molar-refractivity contribution in [1.29, 1.82) is 0 Å². The highest BCUT2D eigenvalue weighted by atomic mass is 16.4. The first-order valence-corrected chi connectivity index (χ1v) is 6.41. The van der Waals surface area contributed by atoms with Crippen LogP contribution in [0, 0.1) is 0 Å². The molecule has 100 valence electrons. The second-order valence-electron chi connectivity index (χ2n) is 4.27. The van der Waals surface area contributed by atoms with Crippen LogP contribution < -0.4 is 10.6 Å². The van der Waals surface area contributed by atoms with Gasteiger partial charge in [-0.05, 0) is 31.9 Å². The number of anilines is 1. The van der Waals surface area contributed by atoms with Gasteiger partial charge >= 0.3 is 5.97 Å². The average molecular weight is 250 g/mol. The second kappa shape index (κ2) is 7.01. The van der Waals surface area contributed by atoms with Crippen molar-refractivity contribution in [2.24, 2.45) is 5.73 Å². The zero-order chi connectivity index (χ0) is 13.5. The maximum atomic E-state index is 10.6. The van der Waals surface area contributed by atoms with E-state index in [1.165, 1.54) is 0 Å². The first-order valence-electron chi connectivity index (χ1n) is 6.41. The Labute approximate surface area is 108 Å². The van der Waals surface area contributed by atoms with E-state index in [9.17, 15) is 4.79 Å². The molecule has 18 heavy (non-hydrogen) atoms. The molecule has 1 rings (SSSR count). The lowest BCUT2D eigenvalue weighted by atomic mass is 10.00. The van der Waals surface area contributed by atoms with Gasteiger partial charge in [0.1, 0.15) is 0 Å². The van der Waals surface area contributed by atoms with E-state index in [2.05, 4.69) is 18.7 Å². The second-order valence-corrected chi connectivity index (χ2v) is 4.27. The number of carbonyl (C=O) groups is 1. The van der Waals surface area contributed by atoms with Gasteiger partial charge in [0.05, 0.1) is 0 Å². The van der Waals surface area contributed by atoms with Crippen LogP contribution in [0.4, 0.5) is 5.69 Å². The number of hydrogen-bond donors (Lipinski definition) is 2. The van der Waals surface area contributed by atoms with Crippen LogP contribution in [0.5, 0.6) is 0 Å². The van der Waals surface area contributed by atoms with Crippen LogP contribution in [0.1, 0.15) is 38.3 Å². The smallest absolute Gasteiger partial charge is 0.303 e. The van der Waals surface area contributed by atoms with Crippen molar-refractivity contribution in [3.8, 4) is 0 Å². The SMILES string of the molecule is CCN(CC)c1ccccc1C(N)CCC(=O)O. The standard InChI is InChI=1S/C14H22N2O2/c1-3-16(4-2)13-8-6-5-7-11(13)12(15)9-10-14(17)18/h5-8,12H,3-4,9-10,15H2,1-2H3,(H,17,18). The predicted molar refractivity (Wildman–Crippen MR) is 73.8 cm³/mol. The quantitative estimate of drug-likeness (QED) is 0.779. The van der Waals surface area contributed by atoms with Crippen LogP contribution in [-0.4, -0.2) is 24.2 Å². The molecule has 0 radical (unpaired) electrons. The molecule has 0 aromatic heterocycles. The number of hydrogen-bond acceptors (Lipinski definition) is 3. The zero-order valence-corrected chi connectivity index (χ0v) is 11.1. The normalized spacial score (nSPS) is 12.2. The van der Waals surface area contributed by atoms with Crippen LogP contribution in [-0.2, 0) is 4.79 Å². The fourth-order valence-corrected chi connectivity index (χ4v) is 2.09. The highest BCUT2D eigenvalue weighted by molar-refractivity contribution is 5.67. The van der Waals surface area contributed by atoms with Gasteiger partial charge in [0.25, 0.3) is 0 Å². The summed E-state index contributed by atoms with van der Waals surface area (Å²) in [6, 6.07) is 7.74. The molecule has 0 saturated heterocycles. The summed E-state index contributed by atoms with van der Waals surface area (Å²) in [7, 11) is 0. The Bertz CT molecular complexity index is 389. The molecule has 0 bridgehead atoms. The molecule has 1 aromatic rings. The fourth-order valence-electron chi connectivity index (χ4n) is 2.09. The highest BCUT2D eigenvalue weighted by Gasteiger charge is 2.14. The molecule has 0 aliphatic rings. The number of nitrogens with zero attached hydrogens (tertiary/aromatic N) is 1. The molecular weight excluding hydrogens is 228 g/mol. The minimum atomic E-state index is -0.800. The third-order valence-electron chi connectivity index (χ3n) is 3.11. The summed E-state index contributed by atoms with van der Waals surface area (Å²) < 4.78 is 0. The maximum absolute atomic E-state index is 10.6. The number of aliphatic carboxylic acids is 1. The molecule has 0 fully saturated rings. The van der Waals surface area contributed by atoms with Crippen molar-refractivity contribution in [1.82, 2.24) is 0 Å². The van der Waals surface area contributed by atoms with Gasteiger partial charge in [-0.1, -0.05) is 18.2 Å². The van der Waals surface area contributed by atoms with Crippen molar-refractivity contribution in [2.45, 2.75) is 32.7 Å². The Morgan fingerprint density at radius 1 is 1.33 bits per heavy atom. The van der Waals surface area contributed by atoms with Crippen molar-refractivity contribution in [2.75, 3.05) is 18.0 Å². The van der Waals surface area contributed by atoms with E-state index >= 15 is 0 Å². The van der Waals surface area contributed by atoms with E-state index in [1.54, 1.807) is 0 Å². The molecule has 0 spiro atoms. The summed E-state index contributed by atoms with van der Waals surface area (Å²) in [5, 5.41) is 8.71. The molecule has 0 aliphatic carbocycles. The minimum absolute atomic E-state index is 0.105. The van der Waals surface area contributed by atoms with Gasteiger partial charge < -0.3 is 15.7 Å². The summed E-state index contributed by atoms with van der Waals surface area (Å²) >= 11 is 0. The zero-order valence-electron chi connectivity index (χ0n) is 11.1. The number of para-hydroxylation sites is 1. The first kappa shape index (κ1) is 14.5. The topological polar surface area (TPSA) is 66.6 Å². The first-order chi connectivity index (χ1) is 8.60. The van der Waals surface area contributed by atoms with Crippen LogP contribution in [0.3, 0.4) is 0 Å². The van der Waals surface area contributed by atoms with Gasteiger partial charge in [-0.15, -0.1) is 0 Å². The van der Waals surface area contributed by atoms with Crippen LogP contribution >= 0.6 is 0 Å². The third-order valence-corrected chi connectivity index (χ3v) is 3.11. The summed E-state index contributed by atoms with van der Waals surface area (Å²) in [5.74, 6) is -0.800. The molecule has 0 aliphatic heterocycles. The number of rotatable bonds is 7. The minimum Gasteiger partial charge on any atom is -0.481 e. The van der Waals surface area contributed by atoms with E-state index in [1.807, 2.05) is 24.3 Å². The van der Waals surface area contributed by atoms with E-state index in [4.69, 9.17) is 10.8 Å². The van der Waals surface area contributed by atoms with Gasteiger partial charge in [-0.25, -0.2) is 0 Å². The molecule has 0 heterocycles. The molecule has 0 amide bonds. The molecule has 1 atom stereocenters. The van der Waals surface area contributed by atoms with Gasteiger partial charge in [0.2, 0.25) is 0 Å². The average Bonchev–Trinajstić information content (AvgIpc) is 2.38. The number of nitrogens with two attached hydrogens (primary N) is 1. The predicted octanol–water partition coefficient (Wildman–Crippen LogP) is 2.40. The third kappa shape index (κ3) is 3.74. The van der Waals surface area contributed by atoms with Crippen LogP contribution in [0.15, 0.2) is 24.3 Å². The fraction of sp³-hybridized carbons (Fsp3) is 0.500. The van der Waals surface area contributed by atoms with Gasteiger partial charge in [0, 0.05) is 31.2 Å². The summed E-state index contributed by atoms with van der Waals surface area (Å²) in [4.78, 5) is 12.8. The number of carboxylic acid groups (broad SMARTS) is 1. The maximum Gasteiger partial charge on any atom is 0.303 e. The Balaban J connectivity index is 2.90. The number of carboxylic acids is 1. The Hall–Kier alpha value is -1.55. The van der Waals surface area contributed by atoms with Crippen molar-refractivity contribution >= 4 is 11.7 Å². The molecular formula is C14H22N2O2. The lowest BCUT2D eigenvalue weighted by molar-refractivity contribution is -0.137. The van der Waals surface area contributed by atoms with Gasteiger partial charge in [0.15, 0.2) is 0 Å². The largest absolute Gasteiger partial charge is 0.481 e. The molecule has 4 nitrogen and oxygen atoms in total. The summed E-state index contributed by atoms with van der Waals surface area (Å²) in [6.07, 6.45) is 0.571. The van der Waals surface area contributed by atoms with Crippen molar-refractivity contribution in [3.63, 3.8) is 0 Å². The van der Waals surface area contributed by atoms with Crippen molar-refractivity contribution < 1.29 is 9.90 Å². The Morgan fingerprint density at radius 2 is 1.94 bits per heavy atom. The monoisotopic (exact) mass is 250 g/mol. The number of benzene rings is 1. The highest BCUT2D eigenvalue weighted by Crippen LogP contribution is 2.27. The lowest BCUT2D eigenvalue weighted by Crippen LogP contribution is -2.25. The molecule has 1 aromatic carbocycles.